The standard InChI is InChI=1S/C12H23N3/c1-5-10(3)9-12(13-6-2)11-7-8-15(4)14-11/h7-8,10,12-13H,5-6,9H2,1-4H3. The number of hydrogen-bond donors (Lipinski definition) is 1. The van der Waals surface area contributed by atoms with Crippen molar-refractivity contribution in [3.63, 3.8) is 0 Å². The quantitative estimate of drug-likeness (QED) is 0.780. The van der Waals surface area contributed by atoms with E-state index in [4.69, 9.17) is 0 Å². The molecule has 0 amide bonds. The molecule has 0 bridgehead atoms. The fraction of sp³-hybridized carbons (Fsp3) is 0.750. The van der Waals surface area contributed by atoms with E-state index < -0.39 is 0 Å². The second kappa shape index (κ2) is 5.91. The van der Waals surface area contributed by atoms with Crippen LogP contribution in [0.1, 0.15) is 45.3 Å². The molecule has 0 spiro atoms. The van der Waals surface area contributed by atoms with Crippen LogP contribution in [0.5, 0.6) is 0 Å². The highest BCUT2D eigenvalue weighted by Gasteiger charge is 2.15. The van der Waals surface area contributed by atoms with Crippen LogP contribution < -0.4 is 5.32 Å². The van der Waals surface area contributed by atoms with Gasteiger partial charge in [-0.15, -0.1) is 0 Å². The van der Waals surface area contributed by atoms with E-state index in [1.807, 2.05) is 17.9 Å². The van der Waals surface area contributed by atoms with Gasteiger partial charge in [-0.1, -0.05) is 27.2 Å². The number of aromatic nitrogens is 2. The molecule has 0 saturated heterocycles. The second-order valence-electron chi connectivity index (χ2n) is 4.27. The molecule has 0 radical (unpaired) electrons. The molecule has 3 nitrogen and oxygen atoms in total. The summed E-state index contributed by atoms with van der Waals surface area (Å²) in [6, 6.07) is 2.52. The summed E-state index contributed by atoms with van der Waals surface area (Å²) >= 11 is 0. The van der Waals surface area contributed by atoms with Crippen molar-refractivity contribution in [1.82, 2.24) is 15.1 Å². The molecule has 2 atom stereocenters. The fourth-order valence-electron chi connectivity index (χ4n) is 1.74. The average molecular weight is 209 g/mol. The van der Waals surface area contributed by atoms with Gasteiger partial charge in [-0.3, -0.25) is 4.68 Å². The Kier molecular flexibility index (Phi) is 4.82. The minimum Gasteiger partial charge on any atom is -0.309 e. The van der Waals surface area contributed by atoms with Crippen molar-refractivity contribution >= 4 is 0 Å². The SMILES string of the molecule is CCNC(CC(C)CC)c1ccn(C)n1. The minimum atomic E-state index is 0.408. The Bertz CT molecular complexity index is 280. The Labute approximate surface area is 92.9 Å². The normalized spacial score (nSPS) is 15.2. The second-order valence-corrected chi connectivity index (χ2v) is 4.27. The maximum absolute atomic E-state index is 4.47. The highest BCUT2D eigenvalue weighted by atomic mass is 15.3. The van der Waals surface area contributed by atoms with Gasteiger partial charge in [0.2, 0.25) is 0 Å². The van der Waals surface area contributed by atoms with E-state index in [9.17, 15) is 0 Å². The highest BCUT2D eigenvalue weighted by molar-refractivity contribution is 5.05. The lowest BCUT2D eigenvalue weighted by Gasteiger charge is -2.19. The zero-order valence-corrected chi connectivity index (χ0v) is 10.3. The Morgan fingerprint density at radius 3 is 2.67 bits per heavy atom. The Morgan fingerprint density at radius 2 is 2.20 bits per heavy atom. The number of nitrogens with one attached hydrogen (secondary N) is 1. The molecular weight excluding hydrogens is 186 g/mol. The third-order valence-corrected chi connectivity index (χ3v) is 2.88. The maximum atomic E-state index is 4.47. The monoisotopic (exact) mass is 209 g/mol. The lowest BCUT2D eigenvalue weighted by molar-refractivity contribution is 0.400. The first-order chi connectivity index (χ1) is 7.17. The van der Waals surface area contributed by atoms with Gasteiger partial charge in [0.15, 0.2) is 0 Å². The third-order valence-electron chi connectivity index (χ3n) is 2.88. The molecule has 0 aliphatic carbocycles. The van der Waals surface area contributed by atoms with Crippen LogP contribution >= 0.6 is 0 Å². The van der Waals surface area contributed by atoms with Crippen LogP contribution in [-0.4, -0.2) is 16.3 Å². The van der Waals surface area contributed by atoms with Crippen LogP contribution in [-0.2, 0) is 7.05 Å². The predicted octanol–water partition coefficient (Wildman–Crippen LogP) is 2.51. The van der Waals surface area contributed by atoms with Crippen molar-refractivity contribution in [1.29, 1.82) is 0 Å². The Morgan fingerprint density at radius 1 is 1.47 bits per heavy atom. The van der Waals surface area contributed by atoms with Gasteiger partial charge in [-0.25, -0.2) is 0 Å². The zero-order valence-electron chi connectivity index (χ0n) is 10.3. The summed E-state index contributed by atoms with van der Waals surface area (Å²) in [5.41, 5.74) is 1.17. The first kappa shape index (κ1) is 12.2. The van der Waals surface area contributed by atoms with Gasteiger partial charge in [0.1, 0.15) is 0 Å². The topological polar surface area (TPSA) is 29.9 Å². The van der Waals surface area contributed by atoms with E-state index in [0.717, 1.165) is 12.5 Å². The smallest absolute Gasteiger partial charge is 0.0793 e. The molecule has 0 saturated carbocycles. The number of hydrogen-bond acceptors (Lipinski definition) is 2. The highest BCUT2D eigenvalue weighted by Crippen LogP contribution is 2.21. The van der Waals surface area contributed by atoms with E-state index in [0.29, 0.717) is 6.04 Å². The van der Waals surface area contributed by atoms with Crippen LogP contribution in [0.2, 0.25) is 0 Å². The van der Waals surface area contributed by atoms with Crippen molar-refractivity contribution in [2.24, 2.45) is 13.0 Å². The molecular formula is C12H23N3. The molecule has 1 aromatic heterocycles. The first-order valence-electron chi connectivity index (χ1n) is 5.90. The Balaban J connectivity index is 2.65. The molecule has 2 unspecified atom stereocenters. The molecule has 0 fully saturated rings. The summed E-state index contributed by atoms with van der Waals surface area (Å²) in [6.07, 6.45) is 4.41. The minimum absolute atomic E-state index is 0.408. The van der Waals surface area contributed by atoms with Gasteiger partial charge in [0.25, 0.3) is 0 Å². The van der Waals surface area contributed by atoms with E-state index in [1.165, 1.54) is 18.5 Å². The summed E-state index contributed by atoms with van der Waals surface area (Å²) < 4.78 is 1.87. The average Bonchev–Trinajstić information content (AvgIpc) is 2.64. The molecule has 1 heterocycles. The van der Waals surface area contributed by atoms with Gasteiger partial charge >= 0.3 is 0 Å². The summed E-state index contributed by atoms with van der Waals surface area (Å²) in [7, 11) is 1.97. The maximum Gasteiger partial charge on any atom is 0.0793 e. The summed E-state index contributed by atoms with van der Waals surface area (Å²) in [5.74, 6) is 0.746. The van der Waals surface area contributed by atoms with Crippen molar-refractivity contribution < 1.29 is 0 Å². The molecule has 1 rings (SSSR count). The third kappa shape index (κ3) is 3.67. The number of aryl methyl sites for hydroxylation is 1. The molecule has 0 aliphatic rings. The Hall–Kier alpha value is -0.830. The zero-order chi connectivity index (χ0) is 11.3. The van der Waals surface area contributed by atoms with Gasteiger partial charge in [0.05, 0.1) is 11.7 Å². The van der Waals surface area contributed by atoms with Crippen molar-refractivity contribution in [2.45, 2.75) is 39.7 Å². The lowest BCUT2D eigenvalue weighted by Crippen LogP contribution is -2.23. The fourth-order valence-corrected chi connectivity index (χ4v) is 1.74. The summed E-state index contributed by atoms with van der Waals surface area (Å²) in [6.45, 7) is 7.68. The molecule has 15 heavy (non-hydrogen) atoms. The number of nitrogens with zero attached hydrogens (tertiary/aromatic N) is 2. The van der Waals surface area contributed by atoms with Gasteiger partial charge in [0, 0.05) is 13.2 Å². The van der Waals surface area contributed by atoms with Crippen LogP contribution in [0.15, 0.2) is 12.3 Å². The number of rotatable bonds is 6. The van der Waals surface area contributed by atoms with Gasteiger partial charge in [-0.05, 0) is 24.9 Å². The molecule has 1 aromatic rings. The van der Waals surface area contributed by atoms with Gasteiger partial charge < -0.3 is 5.32 Å². The molecule has 0 aliphatic heterocycles. The summed E-state index contributed by atoms with van der Waals surface area (Å²) in [4.78, 5) is 0. The predicted molar refractivity (Wildman–Crippen MR) is 63.7 cm³/mol. The van der Waals surface area contributed by atoms with Crippen LogP contribution in [0.3, 0.4) is 0 Å². The van der Waals surface area contributed by atoms with E-state index in [-0.39, 0.29) is 0 Å². The molecule has 0 aromatic carbocycles. The molecule has 3 heteroatoms. The van der Waals surface area contributed by atoms with Crippen molar-refractivity contribution in [3.05, 3.63) is 18.0 Å². The largest absolute Gasteiger partial charge is 0.309 e. The van der Waals surface area contributed by atoms with Crippen LogP contribution in [0, 0.1) is 5.92 Å². The lowest BCUT2D eigenvalue weighted by atomic mass is 9.97. The first-order valence-corrected chi connectivity index (χ1v) is 5.90. The van der Waals surface area contributed by atoms with E-state index >= 15 is 0 Å². The van der Waals surface area contributed by atoms with Crippen LogP contribution in [0.4, 0.5) is 0 Å². The summed E-state index contributed by atoms with van der Waals surface area (Å²) in [5, 5.41) is 7.97. The van der Waals surface area contributed by atoms with Crippen molar-refractivity contribution in [2.75, 3.05) is 6.54 Å². The van der Waals surface area contributed by atoms with Crippen molar-refractivity contribution in [3.8, 4) is 0 Å². The van der Waals surface area contributed by atoms with E-state index in [1.54, 1.807) is 0 Å². The molecule has 1 N–H and O–H groups in total. The van der Waals surface area contributed by atoms with Crippen LogP contribution in [0.25, 0.3) is 0 Å². The molecule has 86 valence electrons. The van der Waals surface area contributed by atoms with E-state index in [2.05, 4.69) is 37.3 Å². The van der Waals surface area contributed by atoms with Gasteiger partial charge in [-0.2, -0.15) is 5.10 Å².